The molecule has 1 aliphatic heterocycles. The van der Waals surface area contributed by atoms with Crippen molar-refractivity contribution in [2.24, 2.45) is 16.7 Å². The van der Waals surface area contributed by atoms with Crippen LogP contribution in [-0.2, 0) is 9.53 Å². The van der Waals surface area contributed by atoms with Crippen LogP contribution in [0.3, 0.4) is 0 Å². The molecule has 14 heavy (non-hydrogen) atoms. The molecule has 1 rings (SSSR count). The third-order valence-corrected chi connectivity index (χ3v) is 3.16. The Morgan fingerprint density at radius 2 is 1.64 bits per heavy atom. The Hall–Kier alpha value is -0.570. The van der Waals surface area contributed by atoms with E-state index in [0.717, 1.165) is 13.1 Å². The minimum absolute atomic E-state index is 0.0266. The van der Waals surface area contributed by atoms with Gasteiger partial charge in [0.1, 0.15) is 0 Å². The molecule has 0 aromatic carbocycles. The lowest BCUT2D eigenvalue weighted by Gasteiger charge is -2.47. The molecule has 1 heterocycles. The Labute approximate surface area is 86.2 Å². The van der Waals surface area contributed by atoms with E-state index in [2.05, 4.69) is 33.0 Å². The zero-order chi connectivity index (χ0) is 11.0. The van der Waals surface area contributed by atoms with E-state index in [9.17, 15) is 4.79 Å². The zero-order valence-corrected chi connectivity index (χ0v) is 9.81. The van der Waals surface area contributed by atoms with Crippen LogP contribution in [0.4, 0.5) is 0 Å². The van der Waals surface area contributed by atoms with Crippen molar-refractivity contribution < 1.29 is 9.53 Å². The summed E-state index contributed by atoms with van der Waals surface area (Å²) in [6, 6.07) is 0. The molecule has 0 amide bonds. The van der Waals surface area contributed by atoms with Crippen molar-refractivity contribution in [1.29, 1.82) is 0 Å². The van der Waals surface area contributed by atoms with E-state index in [1.807, 2.05) is 0 Å². The lowest BCUT2D eigenvalue weighted by Crippen LogP contribution is -2.56. The van der Waals surface area contributed by atoms with Crippen molar-refractivity contribution in [1.82, 2.24) is 5.32 Å². The van der Waals surface area contributed by atoms with Gasteiger partial charge in [0, 0.05) is 13.1 Å². The van der Waals surface area contributed by atoms with Crippen molar-refractivity contribution >= 4 is 5.97 Å². The number of nitrogens with one attached hydrogen (secondary N) is 1. The summed E-state index contributed by atoms with van der Waals surface area (Å²) in [7, 11) is 1.47. The first-order chi connectivity index (χ1) is 6.31. The van der Waals surface area contributed by atoms with E-state index in [-0.39, 0.29) is 22.7 Å². The van der Waals surface area contributed by atoms with E-state index in [4.69, 9.17) is 4.74 Å². The fourth-order valence-electron chi connectivity index (χ4n) is 2.72. The van der Waals surface area contributed by atoms with Crippen molar-refractivity contribution in [3.8, 4) is 0 Å². The van der Waals surface area contributed by atoms with Gasteiger partial charge in [0.25, 0.3) is 0 Å². The summed E-state index contributed by atoms with van der Waals surface area (Å²) in [6.07, 6.45) is 0. The largest absolute Gasteiger partial charge is 0.469 e. The Kier molecular flexibility index (Phi) is 2.91. The topological polar surface area (TPSA) is 38.3 Å². The van der Waals surface area contributed by atoms with Crippen LogP contribution in [0.2, 0.25) is 0 Å². The highest BCUT2D eigenvalue weighted by molar-refractivity contribution is 5.74. The summed E-state index contributed by atoms with van der Waals surface area (Å²) in [5.74, 6) is -0.109. The number of piperidine rings is 1. The minimum Gasteiger partial charge on any atom is -0.469 e. The minimum atomic E-state index is -0.0819. The van der Waals surface area contributed by atoms with Crippen molar-refractivity contribution in [2.45, 2.75) is 27.7 Å². The number of ether oxygens (including phenoxy) is 1. The third kappa shape index (κ3) is 1.92. The number of rotatable bonds is 1. The molecule has 0 bridgehead atoms. The van der Waals surface area contributed by atoms with Gasteiger partial charge in [-0.2, -0.15) is 0 Å². The number of hydrogen-bond acceptors (Lipinski definition) is 3. The highest BCUT2D eigenvalue weighted by atomic mass is 16.5. The number of methoxy groups -OCH3 is 1. The lowest BCUT2D eigenvalue weighted by atomic mass is 9.62. The Morgan fingerprint density at radius 3 is 2.00 bits per heavy atom. The average Bonchev–Trinajstić information content (AvgIpc) is 2.00. The molecule has 0 unspecified atom stereocenters. The maximum absolute atomic E-state index is 11.7. The van der Waals surface area contributed by atoms with Gasteiger partial charge in [-0.25, -0.2) is 0 Å². The Bertz CT molecular complexity index is 217. The quantitative estimate of drug-likeness (QED) is 0.649. The molecule has 3 nitrogen and oxygen atoms in total. The van der Waals surface area contributed by atoms with Crippen LogP contribution in [0.1, 0.15) is 27.7 Å². The third-order valence-electron chi connectivity index (χ3n) is 3.16. The highest BCUT2D eigenvalue weighted by Gasteiger charge is 2.48. The number of esters is 1. The van der Waals surface area contributed by atoms with Gasteiger partial charge in [-0.3, -0.25) is 4.79 Å². The first kappa shape index (κ1) is 11.5. The molecule has 1 N–H and O–H groups in total. The summed E-state index contributed by atoms with van der Waals surface area (Å²) in [5, 5.41) is 3.37. The molecule has 0 aromatic heterocycles. The van der Waals surface area contributed by atoms with Gasteiger partial charge in [-0.05, 0) is 10.8 Å². The van der Waals surface area contributed by atoms with Gasteiger partial charge < -0.3 is 10.1 Å². The van der Waals surface area contributed by atoms with E-state index in [0.29, 0.717) is 0 Å². The van der Waals surface area contributed by atoms with Gasteiger partial charge >= 0.3 is 5.97 Å². The molecule has 0 spiro atoms. The van der Waals surface area contributed by atoms with E-state index in [1.54, 1.807) is 0 Å². The second kappa shape index (κ2) is 3.54. The molecular weight excluding hydrogens is 178 g/mol. The highest BCUT2D eigenvalue weighted by Crippen LogP contribution is 2.43. The Morgan fingerprint density at radius 1 is 1.21 bits per heavy atom. The van der Waals surface area contributed by atoms with Gasteiger partial charge in [0.2, 0.25) is 0 Å². The molecule has 1 saturated heterocycles. The maximum Gasteiger partial charge on any atom is 0.309 e. The van der Waals surface area contributed by atoms with Crippen LogP contribution < -0.4 is 5.32 Å². The number of carbonyl (C=O) groups is 1. The molecule has 1 fully saturated rings. The smallest absolute Gasteiger partial charge is 0.309 e. The first-order valence-electron chi connectivity index (χ1n) is 5.10. The van der Waals surface area contributed by atoms with Crippen LogP contribution in [-0.4, -0.2) is 26.2 Å². The predicted molar refractivity (Wildman–Crippen MR) is 55.9 cm³/mol. The molecule has 0 aliphatic carbocycles. The van der Waals surface area contributed by atoms with Crippen molar-refractivity contribution in [2.75, 3.05) is 20.2 Å². The molecule has 0 saturated carbocycles. The summed E-state index contributed by atoms with van der Waals surface area (Å²) in [4.78, 5) is 11.7. The molecular formula is C11H21NO2. The van der Waals surface area contributed by atoms with E-state index >= 15 is 0 Å². The second-order valence-corrected chi connectivity index (χ2v) is 5.54. The Balaban J connectivity index is 2.97. The van der Waals surface area contributed by atoms with Crippen LogP contribution in [0, 0.1) is 16.7 Å². The SMILES string of the molecule is COC(=O)C1C(C)(C)CNCC1(C)C. The maximum atomic E-state index is 11.7. The van der Waals surface area contributed by atoms with Crippen LogP contribution in [0.15, 0.2) is 0 Å². The average molecular weight is 199 g/mol. The fraction of sp³-hybridized carbons (Fsp3) is 0.909. The van der Waals surface area contributed by atoms with E-state index in [1.165, 1.54) is 7.11 Å². The summed E-state index contributed by atoms with van der Waals surface area (Å²) in [5.41, 5.74) is -0.0658. The molecule has 3 heteroatoms. The normalized spacial score (nSPS) is 25.8. The monoisotopic (exact) mass is 199 g/mol. The lowest BCUT2D eigenvalue weighted by molar-refractivity contribution is -0.158. The van der Waals surface area contributed by atoms with Gasteiger partial charge in [-0.1, -0.05) is 27.7 Å². The van der Waals surface area contributed by atoms with Crippen molar-refractivity contribution in [3.05, 3.63) is 0 Å². The summed E-state index contributed by atoms with van der Waals surface area (Å²) in [6.45, 7) is 10.2. The fourth-order valence-corrected chi connectivity index (χ4v) is 2.72. The zero-order valence-electron chi connectivity index (χ0n) is 9.81. The van der Waals surface area contributed by atoms with Gasteiger partial charge in [-0.15, -0.1) is 0 Å². The molecule has 1 aliphatic rings. The van der Waals surface area contributed by atoms with Crippen LogP contribution in [0.25, 0.3) is 0 Å². The second-order valence-electron chi connectivity index (χ2n) is 5.54. The molecule has 82 valence electrons. The van der Waals surface area contributed by atoms with Crippen LogP contribution in [0.5, 0.6) is 0 Å². The predicted octanol–water partition coefficient (Wildman–Crippen LogP) is 1.43. The standard InChI is InChI=1S/C11H21NO2/c1-10(2)6-12-7-11(3,4)8(10)9(13)14-5/h8,12H,6-7H2,1-5H3. The number of hydrogen-bond donors (Lipinski definition) is 1. The number of carbonyl (C=O) groups excluding carboxylic acids is 1. The van der Waals surface area contributed by atoms with Gasteiger partial charge in [0.15, 0.2) is 0 Å². The summed E-state index contributed by atoms with van der Waals surface area (Å²) < 4.78 is 4.89. The molecule has 0 atom stereocenters. The van der Waals surface area contributed by atoms with Gasteiger partial charge in [0.05, 0.1) is 13.0 Å². The van der Waals surface area contributed by atoms with E-state index < -0.39 is 0 Å². The molecule has 0 radical (unpaired) electrons. The molecule has 0 aromatic rings. The van der Waals surface area contributed by atoms with Crippen LogP contribution >= 0.6 is 0 Å². The first-order valence-corrected chi connectivity index (χ1v) is 5.10. The van der Waals surface area contributed by atoms with Crippen molar-refractivity contribution in [3.63, 3.8) is 0 Å². The summed E-state index contributed by atoms with van der Waals surface area (Å²) >= 11 is 0.